The third-order valence-corrected chi connectivity index (χ3v) is 3.96. The van der Waals surface area contributed by atoms with Crippen molar-refractivity contribution in [1.29, 1.82) is 0 Å². The van der Waals surface area contributed by atoms with Crippen molar-refractivity contribution in [2.45, 2.75) is 12.8 Å². The van der Waals surface area contributed by atoms with E-state index in [2.05, 4.69) is 64.8 Å². The minimum absolute atomic E-state index is 1.09. The molecule has 20 heavy (non-hydrogen) atoms. The predicted molar refractivity (Wildman–Crippen MR) is 85.4 cm³/mol. The van der Waals surface area contributed by atoms with Crippen LogP contribution in [0.1, 0.15) is 11.1 Å². The van der Waals surface area contributed by atoms with Gasteiger partial charge in [0.2, 0.25) is 0 Å². The zero-order valence-electron chi connectivity index (χ0n) is 11.9. The van der Waals surface area contributed by atoms with Crippen molar-refractivity contribution < 1.29 is 0 Å². The van der Waals surface area contributed by atoms with Crippen LogP contribution in [0.15, 0.2) is 54.6 Å². The fourth-order valence-corrected chi connectivity index (χ4v) is 2.73. The summed E-state index contributed by atoms with van der Waals surface area (Å²) in [6, 6.07) is 19.8. The van der Waals surface area contributed by atoms with Gasteiger partial charge in [-0.05, 0) is 36.1 Å². The summed E-state index contributed by atoms with van der Waals surface area (Å²) < 4.78 is 0. The Morgan fingerprint density at radius 2 is 1.35 bits per heavy atom. The van der Waals surface area contributed by atoms with Gasteiger partial charge in [-0.25, -0.2) is 0 Å². The Morgan fingerprint density at radius 3 is 2.00 bits per heavy atom. The normalized spacial score (nSPS) is 15.3. The highest BCUT2D eigenvalue weighted by Crippen LogP contribution is 2.17. The molecule has 2 heteroatoms. The third-order valence-electron chi connectivity index (χ3n) is 3.96. The first kappa shape index (κ1) is 13.2. The lowest BCUT2D eigenvalue weighted by atomic mass is 10.0. The Morgan fingerprint density at radius 1 is 0.750 bits per heavy atom. The minimum atomic E-state index is 1.09. The maximum absolute atomic E-state index is 3.39. The van der Waals surface area contributed by atoms with Gasteiger partial charge in [-0.1, -0.05) is 42.5 Å². The molecule has 0 unspecified atom stereocenters. The van der Waals surface area contributed by atoms with Crippen LogP contribution in [0.25, 0.3) is 0 Å². The summed E-state index contributed by atoms with van der Waals surface area (Å²) in [6.45, 7) is 4.41. The van der Waals surface area contributed by atoms with Crippen molar-refractivity contribution >= 4 is 5.69 Å². The van der Waals surface area contributed by atoms with Gasteiger partial charge in [-0.3, -0.25) is 0 Å². The largest absolute Gasteiger partial charge is 0.369 e. The van der Waals surface area contributed by atoms with E-state index in [9.17, 15) is 0 Å². The van der Waals surface area contributed by atoms with E-state index in [1.807, 2.05) is 0 Å². The zero-order chi connectivity index (χ0) is 13.6. The molecule has 0 saturated carbocycles. The highest BCUT2D eigenvalue weighted by molar-refractivity contribution is 5.48. The van der Waals surface area contributed by atoms with E-state index in [1.54, 1.807) is 0 Å². The molecule has 0 atom stereocenters. The molecule has 1 saturated heterocycles. The molecule has 104 valence electrons. The molecule has 2 nitrogen and oxygen atoms in total. The number of hydrogen-bond donors (Lipinski definition) is 1. The summed E-state index contributed by atoms with van der Waals surface area (Å²) >= 11 is 0. The molecule has 0 spiro atoms. The second-order valence-electron chi connectivity index (χ2n) is 5.39. The molecule has 0 aliphatic carbocycles. The van der Waals surface area contributed by atoms with Gasteiger partial charge >= 0.3 is 0 Å². The highest BCUT2D eigenvalue weighted by Gasteiger charge is 2.09. The fraction of sp³-hybridized carbons (Fsp3) is 0.333. The monoisotopic (exact) mass is 266 g/mol. The molecule has 0 radical (unpaired) electrons. The van der Waals surface area contributed by atoms with Crippen LogP contribution in [-0.2, 0) is 12.8 Å². The van der Waals surface area contributed by atoms with Crippen molar-refractivity contribution in [2.75, 3.05) is 31.1 Å². The predicted octanol–water partition coefficient (Wildman–Crippen LogP) is 2.88. The highest BCUT2D eigenvalue weighted by atomic mass is 15.2. The Bertz CT molecular complexity index is 513. The van der Waals surface area contributed by atoms with Crippen LogP contribution in [0.3, 0.4) is 0 Å². The lowest BCUT2D eigenvalue weighted by Gasteiger charge is -2.29. The van der Waals surface area contributed by atoms with E-state index in [0.29, 0.717) is 0 Å². The molecular formula is C18H22N2. The number of nitrogens with one attached hydrogen (secondary N) is 1. The number of piperazine rings is 1. The summed E-state index contributed by atoms with van der Waals surface area (Å²) in [4.78, 5) is 2.46. The first-order chi connectivity index (χ1) is 9.92. The second-order valence-corrected chi connectivity index (χ2v) is 5.39. The molecule has 2 aromatic rings. The van der Waals surface area contributed by atoms with Crippen molar-refractivity contribution in [1.82, 2.24) is 5.32 Å². The Balaban J connectivity index is 1.58. The van der Waals surface area contributed by atoms with Gasteiger partial charge < -0.3 is 10.2 Å². The molecule has 1 fully saturated rings. The van der Waals surface area contributed by atoms with Crippen molar-refractivity contribution in [2.24, 2.45) is 0 Å². The van der Waals surface area contributed by atoms with Crippen molar-refractivity contribution in [3.63, 3.8) is 0 Å². The molecular weight excluding hydrogens is 244 g/mol. The van der Waals surface area contributed by atoms with Gasteiger partial charge in [-0.2, -0.15) is 0 Å². The molecule has 0 amide bonds. The quantitative estimate of drug-likeness (QED) is 0.915. The van der Waals surface area contributed by atoms with E-state index in [4.69, 9.17) is 0 Å². The number of rotatable bonds is 4. The fourth-order valence-electron chi connectivity index (χ4n) is 2.73. The first-order valence-electron chi connectivity index (χ1n) is 7.50. The zero-order valence-corrected chi connectivity index (χ0v) is 11.9. The summed E-state index contributed by atoms with van der Waals surface area (Å²) in [5.74, 6) is 0. The molecule has 2 aromatic carbocycles. The van der Waals surface area contributed by atoms with Gasteiger partial charge in [0.05, 0.1) is 0 Å². The number of nitrogens with zero attached hydrogens (tertiary/aromatic N) is 1. The van der Waals surface area contributed by atoms with Gasteiger partial charge in [0.1, 0.15) is 0 Å². The maximum Gasteiger partial charge on any atom is 0.0367 e. The molecule has 3 rings (SSSR count). The summed E-state index contributed by atoms with van der Waals surface area (Å²) in [7, 11) is 0. The van der Waals surface area contributed by atoms with Gasteiger partial charge in [0.25, 0.3) is 0 Å². The van der Waals surface area contributed by atoms with Crippen LogP contribution < -0.4 is 10.2 Å². The Kier molecular flexibility index (Phi) is 4.34. The molecule has 0 aromatic heterocycles. The second kappa shape index (κ2) is 6.58. The van der Waals surface area contributed by atoms with Crippen molar-refractivity contribution in [3.8, 4) is 0 Å². The molecule has 0 bridgehead atoms. The van der Waals surface area contributed by atoms with E-state index in [1.165, 1.54) is 16.8 Å². The molecule has 1 heterocycles. The first-order valence-corrected chi connectivity index (χ1v) is 7.50. The summed E-state index contributed by atoms with van der Waals surface area (Å²) in [5.41, 5.74) is 4.20. The SMILES string of the molecule is c1ccc(CCc2ccc(N3CCNCC3)cc2)cc1. The number of benzene rings is 2. The number of aryl methyl sites for hydroxylation is 2. The van der Waals surface area contributed by atoms with Crippen LogP contribution in [0, 0.1) is 0 Å². The van der Waals surface area contributed by atoms with Crippen LogP contribution in [0.2, 0.25) is 0 Å². The van der Waals surface area contributed by atoms with E-state index >= 15 is 0 Å². The lowest BCUT2D eigenvalue weighted by Crippen LogP contribution is -2.43. The Hall–Kier alpha value is -1.80. The lowest BCUT2D eigenvalue weighted by molar-refractivity contribution is 0.589. The number of anilines is 1. The van der Waals surface area contributed by atoms with E-state index < -0.39 is 0 Å². The van der Waals surface area contributed by atoms with E-state index in [0.717, 1.165) is 39.0 Å². The Labute approximate surface area is 121 Å². The maximum atomic E-state index is 3.39. The van der Waals surface area contributed by atoms with Crippen LogP contribution in [0.4, 0.5) is 5.69 Å². The summed E-state index contributed by atoms with van der Waals surface area (Å²) in [6.07, 6.45) is 2.24. The van der Waals surface area contributed by atoms with E-state index in [-0.39, 0.29) is 0 Å². The van der Waals surface area contributed by atoms with Crippen LogP contribution >= 0.6 is 0 Å². The standard InChI is InChI=1S/C18H22N2/c1-2-4-16(5-3-1)6-7-17-8-10-18(11-9-17)20-14-12-19-13-15-20/h1-5,8-11,19H,6-7,12-15H2. The average molecular weight is 266 g/mol. The van der Waals surface area contributed by atoms with Crippen LogP contribution in [-0.4, -0.2) is 26.2 Å². The van der Waals surface area contributed by atoms with Crippen molar-refractivity contribution in [3.05, 3.63) is 65.7 Å². The van der Waals surface area contributed by atoms with Gasteiger partial charge in [0, 0.05) is 31.9 Å². The average Bonchev–Trinajstić information content (AvgIpc) is 2.55. The molecule has 1 aliphatic heterocycles. The van der Waals surface area contributed by atoms with Gasteiger partial charge in [0.15, 0.2) is 0 Å². The van der Waals surface area contributed by atoms with Crippen LogP contribution in [0.5, 0.6) is 0 Å². The topological polar surface area (TPSA) is 15.3 Å². The third kappa shape index (κ3) is 3.40. The molecule has 1 aliphatic rings. The van der Waals surface area contributed by atoms with Gasteiger partial charge in [-0.15, -0.1) is 0 Å². The smallest absolute Gasteiger partial charge is 0.0367 e. The molecule has 1 N–H and O–H groups in total. The number of hydrogen-bond acceptors (Lipinski definition) is 2. The minimum Gasteiger partial charge on any atom is -0.369 e. The summed E-state index contributed by atoms with van der Waals surface area (Å²) in [5, 5.41) is 3.39.